The van der Waals surface area contributed by atoms with Gasteiger partial charge in [-0.05, 0) is 70.8 Å². The highest BCUT2D eigenvalue weighted by molar-refractivity contribution is 5.94. The molecule has 0 spiro atoms. The Morgan fingerprint density at radius 2 is 1.88 bits per heavy atom. The second kappa shape index (κ2) is 9.90. The normalized spacial score (nSPS) is 17.4. The molecule has 2 rings (SSSR count). The number of carbonyl (C=O) groups is 1. The number of aryl methyl sites for hydroxylation is 2. The maximum atomic E-state index is 12.3. The fraction of sp³-hybridized carbons (Fsp3) is 0.650. The van der Waals surface area contributed by atoms with Gasteiger partial charge in [0, 0.05) is 18.7 Å². The van der Waals surface area contributed by atoms with E-state index in [1.807, 2.05) is 26.0 Å². The van der Waals surface area contributed by atoms with Crippen molar-refractivity contribution in [1.82, 2.24) is 15.5 Å². The fourth-order valence-electron chi connectivity index (χ4n) is 3.44. The molecule has 1 amide bonds. The molecule has 1 aliphatic heterocycles. The minimum Gasteiger partial charge on any atom is -0.377 e. The highest BCUT2D eigenvalue weighted by Crippen LogP contribution is 2.17. The number of β-amino-alcohol motifs (C(OH)–C–C–N with tert-alkyl or cyclic N) is 1. The van der Waals surface area contributed by atoms with E-state index in [1.54, 1.807) is 0 Å². The number of nitrogens with one attached hydrogen (secondary N) is 2. The van der Waals surface area contributed by atoms with Crippen LogP contribution >= 0.6 is 0 Å². The van der Waals surface area contributed by atoms with E-state index >= 15 is 0 Å². The molecule has 0 saturated carbocycles. The van der Waals surface area contributed by atoms with Gasteiger partial charge in [-0.2, -0.15) is 0 Å². The summed E-state index contributed by atoms with van der Waals surface area (Å²) in [5, 5.41) is 16.1. The van der Waals surface area contributed by atoms with E-state index in [4.69, 9.17) is 0 Å². The zero-order valence-corrected chi connectivity index (χ0v) is 15.8. The number of amides is 1. The number of aliphatic hydroxyl groups is 1. The van der Waals surface area contributed by atoms with E-state index in [1.165, 1.54) is 0 Å². The Balaban J connectivity index is 1.70. The molecule has 25 heavy (non-hydrogen) atoms. The van der Waals surface area contributed by atoms with Crippen LogP contribution in [-0.2, 0) is 0 Å². The summed E-state index contributed by atoms with van der Waals surface area (Å²) >= 11 is 0. The zero-order valence-electron chi connectivity index (χ0n) is 15.8. The Labute approximate surface area is 151 Å². The first-order valence-electron chi connectivity index (χ1n) is 9.48. The number of piperidine rings is 1. The van der Waals surface area contributed by atoms with Crippen LogP contribution in [0.25, 0.3) is 0 Å². The van der Waals surface area contributed by atoms with Crippen LogP contribution in [0.2, 0.25) is 0 Å². The number of aliphatic hydroxyl groups excluding tert-OH is 1. The van der Waals surface area contributed by atoms with E-state index in [0.29, 0.717) is 12.5 Å². The lowest BCUT2D eigenvalue weighted by atomic mass is 9.96. The molecule has 0 bridgehead atoms. The molecule has 1 aliphatic rings. The van der Waals surface area contributed by atoms with Crippen molar-refractivity contribution in [1.29, 1.82) is 0 Å². The third-order valence-electron chi connectivity index (χ3n) is 4.80. The zero-order chi connectivity index (χ0) is 18.2. The molecule has 1 atom stereocenters. The third-order valence-corrected chi connectivity index (χ3v) is 4.80. The molecule has 140 valence electrons. The first-order chi connectivity index (χ1) is 12.0. The average Bonchev–Trinajstić information content (AvgIpc) is 2.58. The second-order valence-electron chi connectivity index (χ2n) is 7.30. The number of carbonyl (C=O) groups excluding carboxylic acids is 1. The van der Waals surface area contributed by atoms with Crippen molar-refractivity contribution in [3.8, 4) is 0 Å². The molecular formula is C20H33N3O2. The monoisotopic (exact) mass is 347 g/mol. The van der Waals surface area contributed by atoms with Crippen molar-refractivity contribution >= 4 is 5.91 Å². The standard InChI is InChI=1S/C20H33N3O2/c1-4-7-21-19(24)14-23-8-5-17(6-9-23)13-22-20(25)18-11-15(2)10-16(3)12-18/h10-12,17,19,21,24H,4-9,13-14H2,1-3H3,(H,22,25). The summed E-state index contributed by atoms with van der Waals surface area (Å²) in [6.45, 7) is 10.4. The smallest absolute Gasteiger partial charge is 0.251 e. The van der Waals surface area contributed by atoms with Gasteiger partial charge in [0.15, 0.2) is 0 Å². The van der Waals surface area contributed by atoms with E-state index < -0.39 is 6.23 Å². The molecule has 3 N–H and O–H groups in total. The minimum absolute atomic E-state index is 0.0217. The first kappa shape index (κ1) is 19.9. The summed E-state index contributed by atoms with van der Waals surface area (Å²) < 4.78 is 0. The SMILES string of the molecule is CCCNC(O)CN1CCC(CNC(=O)c2cc(C)cc(C)c2)CC1. The summed E-state index contributed by atoms with van der Waals surface area (Å²) in [7, 11) is 0. The van der Waals surface area contributed by atoms with E-state index in [0.717, 1.165) is 62.1 Å². The van der Waals surface area contributed by atoms with Crippen molar-refractivity contribution in [3.05, 3.63) is 34.9 Å². The quantitative estimate of drug-likeness (QED) is 0.630. The second-order valence-corrected chi connectivity index (χ2v) is 7.30. The highest BCUT2D eigenvalue weighted by atomic mass is 16.3. The van der Waals surface area contributed by atoms with Crippen LogP contribution < -0.4 is 10.6 Å². The number of nitrogens with zero attached hydrogens (tertiary/aromatic N) is 1. The van der Waals surface area contributed by atoms with Crippen LogP contribution in [0.5, 0.6) is 0 Å². The van der Waals surface area contributed by atoms with Gasteiger partial charge in [0.2, 0.25) is 0 Å². The molecule has 1 fully saturated rings. The summed E-state index contributed by atoms with van der Waals surface area (Å²) in [6, 6.07) is 5.96. The molecule has 0 aromatic heterocycles. The van der Waals surface area contributed by atoms with Gasteiger partial charge in [-0.3, -0.25) is 15.0 Å². The van der Waals surface area contributed by atoms with Gasteiger partial charge in [-0.15, -0.1) is 0 Å². The summed E-state index contributed by atoms with van der Waals surface area (Å²) in [6.07, 6.45) is 2.71. The van der Waals surface area contributed by atoms with Crippen LogP contribution in [0.4, 0.5) is 0 Å². The Kier molecular flexibility index (Phi) is 7.88. The molecule has 5 nitrogen and oxygen atoms in total. The van der Waals surface area contributed by atoms with Crippen molar-refractivity contribution in [2.75, 3.05) is 32.7 Å². The summed E-state index contributed by atoms with van der Waals surface area (Å²) in [4.78, 5) is 14.6. The summed E-state index contributed by atoms with van der Waals surface area (Å²) in [5.41, 5.74) is 2.99. The lowest BCUT2D eigenvalue weighted by molar-refractivity contribution is 0.0671. The van der Waals surface area contributed by atoms with Crippen molar-refractivity contribution in [2.24, 2.45) is 5.92 Å². The maximum absolute atomic E-state index is 12.3. The van der Waals surface area contributed by atoms with Gasteiger partial charge < -0.3 is 10.4 Å². The Morgan fingerprint density at radius 1 is 1.24 bits per heavy atom. The van der Waals surface area contributed by atoms with Crippen LogP contribution in [0.15, 0.2) is 18.2 Å². The lowest BCUT2D eigenvalue weighted by Gasteiger charge is -2.33. The Morgan fingerprint density at radius 3 is 2.48 bits per heavy atom. The van der Waals surface area contributed by atoms with Gasteiger partial charge in [-0.25, -0.2) is 0 Å². The number of hydrogen-bond donors (Lipinski definition) is 3. The maximum Gasteiger partial charge on any atom is 0.251 e. The van der Waals surface area contributed by atoms with Crippen LogP contribution in [0.1, 0.15) is 47.7 Å². The highest BCUT2D eigenvalue weighted by Gasteiger charge is 2.21. The van der Waals surface area contributed by atoms with Crippen molar-refractivity contribution < 1.29 is 9.90 Å². The van der Waals surface area contributed by atoms with Gasteiger partial charge in [0.05, 0.1) is 0 Å². The predicted molar refractivity (Wildman–Crippen MR) is 102 cm³/mol. The van der Waals surface area contributed by atoms with Gasteiger partial charge in [-0.1, -0.05) is 24.1 Å². The van der Waals surface area contributed by atoms with Crippen molar-refractivity contribution in [3.63, 3.8) is 0 Å². The van der Waals surface area contributed by atoms with Gasteiger partial charge in [0.25, 0.3) is 5.91 Å². The molecule has 1 aromatic carbocycles. The van der Waals surface area contributed by atoms with Gasteiger partial charge in [0.1, 0.15) is 6.23 Å². The van der Waals surface area contributed by atoms with Crippen molar-refractivity contribution in [2.45, 2.75) is 46.3 Å². The third kappa shape index (κ3) is 6.77. The molecule has 5 heteroatoms. The van der Waals surface area contributed by atoms with E-state index in [2.05, 4.69) is 28.5 Å². The summed E-state index contributed by atoms with van der Waals surface area (Å²) in [5.74, 6) is 0.542. The molecule has 1 heterocycles. The Bertz CT molecular complexity index is 534. The largest absolute Gasteiger partial charge is 0.377 e. The molecule has 1 saturated heterocycles. The van der Waals surface area contributed by atoms with Crippen LogP contribution in [-0.4, -0.2) is 54.9 Å². The molecule has 1 aromatic rings. The number of likely N-dealkylation sites (tertiary alicyclic amines) is 1. The average molecular weight is 348 g/mol. The van der Waals surface area contributed by atoms with Crippen LogP contribution in [0, 0.1) is 19.8 Å². The van der Waals surface area contributed by atoms with Crippen LogP contribution in [0.3, 0.4) is 0 Å². The number of rotatable bonds is 8. The first-order valence-corrected chi connectivity index (χ1v) is 9.48. The van der Waals surface area contributed by atoms with E-state index in [-0.39, 0.29) is 5.91 Å². The molecule has 1 unspecified atom stereocenters. The minimum atomic E-state index is -0.444. The topological polar surface area (TPSA) is 64.6 Å². The van der Waals surface area contributed by atoms with E-state index in [9.17, 15) is 9.90 Å². The predicted octanol–water partition coefficient (Wildman–Crippen LogP) is 2.06. The fourth-order valence-corrected chi connectivity index (χ4v) is 3.44. The lowest BCUT2D eigenvalue weighted by Crippen LogP contribution is -2.45. The molecular weight excluding hydrogens is 314 g/mol. The van der Waals surface area contributed by atoms with Gasteiger partial charge >= 0.3 is 0 Å². The number of hydrogen-bond acceptors (Lipinski definition) is 4. The molecule has 0 aliphatic carbocycles. The molecule has 0 radical (unpaired) electrons. The Hall–Kier alpha value is -1.43. The number of benzene rings is 1.